The highest BCUT2D eigenvalue weighted by molar-refractivity contribution is 5.99. The van der Waals surface area contributed by atoms with Crippen molar-refractivity contribution in [3.8, 4) is 0 Å². The third-order valence-electron chi connectivity index (χ3n) is 3.22. The highest BCUT2D eigenvalue weighted by Crippen LogP contribution is 2.12. The minimum Gasteiger partial charge on any atom is -0.367 e. The van der Waals surface area contributed by atoms with E-state index in [2.05, 4.69) is 16.9 Å². The van der Waals surface area contributed by atoms with E-state index in [-0.39, 0.29) is 11.9 Å². The normalized spacial score (nSPS) is 21.1. The number of Topliss-reactive ketones (excluding diaryl/α,β-unsaturated/α-hetero) is 1. The Labute approximate surface area is 108 Å². The van der Waals surface area contributed by atoms with Gasteiger partial charge in [0.1, 0.15) is 6.10 Å². The number of ketones is 1. The molecule has 1 fully saturated rings. The number of nitrogens with zero attached hydrogens (tertiary/aromatic N) is 3. The lowest BCUT2D eigenvalue weighted by molar-refractivity contribution is -0.0163. The van der Waals surface area contributed by atoms with E-state index in [1.807, 2.05) is 6.92 Å². The maximum absolute atomic E-state index is 12.3. The van der Waals surface area contributed by atoms with E-state index in [1.165, 1.54) is 0 Å². The Hall–Kier alpha value is -1.20. The molecule has 0 aliphatic carbocycles. The number of aryl methyl sites for hydroxylation is 1. The van der Waals surface area contributed by atoms with Crippen LogP contribution < -0.4 is 0 Å². The first-order valence-corrected chi connectivity index (χ1v) is 6.65. The van der Waals surface area contributed by atoms with E-state index in [4.69, 9.17) is 4.74 Å². The summed E-state index contributed by atoms with van der Waals surface area (Å²) in [5.74, 6) is 0.0514. The summed E-state index contributed by atoms with van der Waals surface area (Å²) in [5, 5.41) is 4.13. The average molecular weight is 251 g/mol. The third kappa shape index (κ3) is 2.97. The van der Waals surface area contributed by atoms with Crippen LogP contribution in [0.1, 0.15) is 30.6 Å². The molecule has 2 rings (SSSR count). The largest absolute Gasteiger partial charge is 0.367 e. The first-order valence-electron chi connectivity index (χ1n) is 6.65. The Morgan fingerprint density at radius 3 is 3.06 bits per heavy atom. The van der Waals surface area contributed by atoms with Crippen LogP contribution in [0.15, 0.2) is 12.4 Å². The molecule has 2 heterocycles. The summed E-state index contributed by atoms with van der Waals surface area (Å²) in [6.07, 6.45) is 4.20. The fourth-order valence-corrected chi connectivity index (χ4v) is 2.23. The predicted octanol–water partition coefficient (Wildman–Crippen LogP) is 1.20. The van der Waals surface area contributed by atoms with E-state index in [0.717, 1.165) is 26.1 Å². The number of aromatic nitrogens is 2. The molecule has 5 heteroatoms. The van der Waals surface area contributed by atoms with Gasteiger partial charge in [0.25, 0.3) is 0 Å². The van der Waals surface area contributed by atoms with Gasteiger partial charge in [0.15, 0.2) is 5.78 Å². The molecule has 0 bridgehead atoms. The molecule has 1 aromatic rings. The van der Waals surface area contributed by atoms with E-state index < -0.39 is 0 Å². The van der Waals surface area contributed by atoms with Gasteiger partial charge in [0.2, 0.25) is 0 Å². The highest BCUT2D eigenvalue weighted by Gasteiger charge is 2.27. The van der Waals surface area contributed by atoms with Crippen LogP contribution in [0.4, 0.5) is 0 Å². The van der Waals surface area contributed by atoms with Gasteiger partial charge >= 0.3 is 0 Å². The van der Waals surface area contributed by atoms with Crippen molar-refractivity contribution in [3.05, 3.63) is 18.0 Å². The summed E-state index contributed by atoms with van der Waals surface area (Å²) in [4.78, 5) is 14.6. The van der Waals surface area contributed by atoms with Crippen molar-refractivity contribution in [2.45, 2.75) is 32.9 Å². The van der Waals surface area contributed by atoms with Gasteiger partial charge in [0, 0.05) is 25.8 Å². The smallest absolute Gasteiger partial charge is 0.196 e. The van der Waals surface area contributed by atoms with Crippen LogP contribution in [-0.4, -0.2) is 52.8 Å². The maximum Gasteiger partial charge on any atom is 0.196 e. The van der Waals surface area contributed by atoms with Crippen LogP contribution in [0.5, 0.6) is 0 Å². The minimum absolute atomic E-state index is 0.0514. The second-order valence-corrected chi connectivity index (χ2v) is 4.61. The van der Waals surface area contributed by atoms with E-state index >= 15 is 0 Å². The summed E-state index contributed by atoms with van der Waals surface area (Å²) in [7, 11) is 0. The van der Waals surface area contributed by atoms with Crippen molar-refractivity contribution >= 4 is 5.78 Å². The van der Waals surface area contributed by atoms with Gasteiger partial charge in [-0.1, -0.05) is 6.92 Å². The molecule has 0 saturated carbocycles. The number of carbonyl (C=O) groups excluding carboxylic acids is 1. The zero-order chi connectivity index (χ0) is 13.0. The average Bonchev–Trinajstić information content (AvgIpc) is 2.87. The van der Waals surface area contributed by atoms with Crippen molar-refractivity contribution in [2.24, 2.45) is 0 Å². The first kappa shape index (κ1) is 13.2. The molecule has 0 aromatic carbocycles. The van der Waals surface area contributed by atoms with Gasteiger partial charge in [-0.15, -0.1) is 0 Å². The summed E-state index contributed by atoms with van der Waals surface area (Å²) >= 11 is 0. The SMILES string of the molecule is CCCN1CCOC(C(=O)c2cnn(CC)c2)C1. The van der Waals surface area contributed by atoms with Gasteiger partial charge in [-0.05, 0) is 19.9 Å². The molecular weight excluding hydrogens is 230 g/mol. The number of hydrogen-bond donors (Lipinski definition) is 0. The molecule has 0 amide bonds. The fraction of sp³-hybridized carbons (Fsp3) is 0.692. The monoisotopic (exact) mass is 251 g/mol. The van der Waals surface area contributed by atoms with E-state index in [1.54, 1.807) is 17.1 Å². The standard InChI is InChI=1S/C13H21N3O2/c1-3-5-15-6-7-18-12(10-15)13(17)11-8-14-16(4-2)9-11/h8-9,12H,3-7,10H2,1-2H3. The molecule has 1 atom stereocenters. The lowest BCUT2D eigenvalue weighted by Crippen LogP contribution is -2.46. The number of hydrogen-bond acceptors (Lipinski definition) is 4. The molecule has 1 saturated heterocycles. The van der Waals surface area contributed by atoms with Crippen LogP contribution in [0, 0.1) is 0 Å². The molecule has 1 aromatic heterocycles. The summed E-state index contributed by atoms with van der Waals surface area (Å²) in [6.45, 7) is 8.22. The number of rotatable bonds is 5. The quantitative estimate of drug-likeness (QED) is 0.738. The van der Waals surface area contributed by atoms with Crippen molar-refractivity contribution in [1.29, 1.82) is 0 Å². The Morgan fingerprint density at radius 2 is 2.39 bits per heavy atom. The van der Waals surface area contributed by atoms with Crippen LogP contribution in [0.2, 0.25) is 0 Å². The molecule has 1 aliphatic rings. The zero-order valence-corrected chi connectivity index (χ0v) is 11.1. The predicted molar refractivity (Wildman–Crippen MR) is 68.7 cm³/mol. The van der Waals surface area contributed by atoms with Gasteiger partial charge in [-0.3, -0.25) is 14.4 Å². The van der Waals surface area contributed by atoms with Crippen LogP contribution >= 0.6 is 0 Å². The van der Waals surface area contributed by atoms with Gasteiger partial charge in [0.05, 0.1) is 18.4 Å². The number of ether oxygens (including phenoxy) is 1. The molecule has 5 nitrogen and oxygen atoms in total. The summed E-state index contributed by atoms with van der Waals surface area (Å²) in [6, 6.07) is 0. The fourth-order valence-electron chi connectivity index (χ4n) is 2.23. The molecule has 18 heavy (non-hydrogen) atoms. The van der Waals surface area contributed by atoms with Crippen LogP contribution in [0.25, 0.3) is 0 Å². The van der Waals surface area contributed by atoms with Crippen molar-refractivity contribution in [2.75, 3.05) is 26.2 Å². The number of morpholine rings is 1. The molecule has 1 aliphatic heterocycles. The second-order valence-electron chi connectivity index (χ2n) is 4.61. The Kier molecular flexibility index (Phi) is 4.49. The van der Waals surface area contributed by atoms with Crippen LogP contribution in [0.3, 0.4) is 0 Å². The van der Waals surface area contributed by atoms with E-state index in [0.29, 0.717) is 18.7 Å². The molecule has 1 unspecified atom stereocenters. The minimum atomic E-state index is -0.334. The number of carbonyl (C=O) groups is 1. The van der Waals surface area contributed by atoms with Gasteiger partial charge < -0.3 is 4.74 Å². The molecule has 0 spiro atoms. The third-order valence-corrected chi connectivity index (χ3v) is 3.22. The first-order chi connectivity index (χ1) is 8.74. The Balaban J connectivity index is 1.99. The van der Waals surface area contributed by atoms with Crippen LogP contribution in [-0.2, 0) is 11.3 Å². The van der Waals surface area contributed by atoms with Crippen molar-refractivity contribution in [3.63, 3.8) is 0 Å². The summed E-state index contributed by atoms with van der Waals surface area (Å²) < 4.78 is 7.35. The summed E-state index contributed by atoms with van der Waals surface area (Å²) in [5.41, 5.74) is 0.653. The highest BCUT2D eigenvalue weighted by atomic mass is 16.5. The Morgan fingerprint density at radius 1 is 1.56 bits per heavy atom. The molecule has 0 N–H and O–H groups in total. The second kappa shape index (κ2) is 6.11. The molecule has 0 radical (unpaired) electrons. The van der Waals surface area contributed by atoms with Crippen molar-refractivity contribution < 1.29 is 9.53 Å². The molecular formula is C13H21N3O2. The lowest BCUT2D eigenvalue weighted by Gasteiger charge is -2.31. The van der Waals surface area contributed by atoms with Crippen molar-refractivity contribution in [1.82, 2.24) is 14.7 Å². The molecule has 100 valence electrons. The lowest BCUT2D eigenvalue weighted by atomic mass is 10.1. The Bertz CT molecular complexity index is 401. The van der Waals surface area contributed by atoms with E-state index in [9.17, 15) is 4.79 Å². The topological polar surface area (TPSA) is 47.4 Å². The van der Waals surface area contributed by atoms with Gasteiger partial charge in [-0.2, -0.15) is 5.10 Å². The zero-order valence-electron chi connectivity index (χ0n) is 11.1. The van der Waals surface area contributed by atoms with Gasteiger partial charge in [-0.25, -0.2) is 0 Å². The maximum atomic E-state index is 12.3.